The van der Waals surface area contributed by atoms with Crippen LogP contribution in [0, 0.1) is 0 Å². The van der Waals surface area contributed by atoms with Crippen LogP contribution in [0.5, 0.6) is 5.75 Å². The van der Waals surface area contributed by atoms with E-state index in [1.54, 1.807) is 25.6 Å². The first kappa shape index (κ1) is 12.3. The summed E-state index contributed by atoms with van der Waals surface area (Å²) < 4.78 is 5.20. The fourth-order valence-corrected chi connectivity index (χ4v) is 1.63. The molecule has 1 atom stereocenters. The van der Waals surface area contributed by atoms with Crippen molar-refractivity contribution in [1.29, 1.82) is 0 Å². The predicted molar refractivity (Wildman–Crippen MR) is 68.5 cm³/mol. The molecule has 2 N–H and O–H groups in total. The van der Waals surface area contributed by atoms with Crippen molar-refractivity contribution in [3.05, 3.63) is 48.3 Å². The van der Waals surface area contributed by atoms with Crippen LogP contribution in [0.2, 0.25) is 0 Å². The molecular formula is C13H15N3O2. The van der Waals surface area contributed by atoms with Gasteiger partial charge in [0.1, 0.15) is 5.75 Å². The average Bonchev–Trinajstić information content (AvgIpc) is 2.45. The third-order valence-corrected chi connectivity index (χ3v) is 2.52. The van der Waals surface area contributed by atoms with E-state index in [1.165, 1.54) is 0 Å². The number of benzene rings is 1. The largest absolute Gasteiger partial charge is 0.496 e. The normalized spacial score (nSPS) is 11.9. The summed E-state index contributed by atoms with van der Waals surface area (Å²) in [5.41, 5.74) is 0.739. The molecule has 0 radical (unpaired) electrons. The number of nitrogens with zero attached hydrogens (tertiary/aromatic N) is 2. The predicted octanol–water partition coefficient (Wildman–Crippen LogP) is 1.63. The molecule has 0 aliphatic carbocycles. The first-order chi connectivity index (χ1) is 8.81. The number of methoxy groups -OCH3 is 1. The third-order valence-electron chi connectivity index (χ3n) is 2.52. The summed E-state index contributed by atoms with van der Waals surface area (Å²) in [5, 5.41) is 13.1. The smallest absolute Gasteiger partial charge is 0.222 e. The zero-order valence-corrected chi connectivity index (χ0v) is 10.1. The molecular weight excluding hydrogens is 230 g/mol. The van der Waals surface area contributed by atoms with Crippen molar-refractivity contribution in [2.24, 2.45) is 0 Å². The Hall–Kier alpha value is -2.14. The van der Waals surface area contributed by atoms with Gasteiger partial charge in [0.15, 0.2) is 0 Å². The summed E-state index contributed by atoms with van der Waals surface area (Å²) in [4.78, 5) is 8.04. The molecule has 0 unspecified atom stereocenters. The molecule has 2 aromatic rings. The first-order valence-corrected chi connectivity index (χ1v) is 5.63. The number of aromatic nitrogens is 2. The lowest BCUT2D eigenvalue weighted by molar-refractivity contribution is 0.186. The Morgan fingerprint density at radius 3 is 2.67 bits per heavy atom. The van der Waals surface area contributed by atoms with Gasteiger partial charge in [-0.15, -0.1) is 0 Å². The second-order valence-corrected chi connectivity index (χ2v) is 3.71. The topological polar surface area (TPSA) is 67.3 Å². The fourth-order valence-electron chi connectivity index (χ4n) is 1.63. The van der Waals surface area contributed by atoms with Crippen LogP contribution in [0.3, 0.4) is 0 Å². The monoisotopic (exact) mass is 245 g/mol. The molecule has 0 spiro atoms. The van der Waals surface area contributed by atoms with Crippen LogP contribution in [0.4, 0.5) is 5.95 Å². The van der Waals surface area contributed by atoms with Gasteiger partial charge < -0.3 is 15.2 Å². The molecule has 1 heterocycles. The van der Waals surface area contributed by atoms with Gasteiger partial charge in [-0.1, -0.05) is 18.2 Å². The Labute approximate surface area is 105 Å². The van der Waals surface area contributed by atoms with Crippen molar-refractivity contribution in [3.8, 4) is 5.75 Å². The molecule has 94 valence electrons. The van der Waals surface area contributed by atoms with Crippen molar-refractivity contribution < 1.29 is 9.84 Å². The van der Waals surface area contributed by atoms with Gasteiger partial charge in [0, 0.05) is 24.5 Å². The van der Waals surface area contributed by atoms with Gasteiger partial charge in [-0.3, -0.25) is 0 Å². The zero-order valence-electron chi connectivity index (χ0n) is 10.1. The highest BCUT2D eigenvalue weighted by molar-refractivity contribution is 5.36. The summed E-state index contributed by atoms with van der Waals surface area (Å²) in [6, 6.07) is 9.11. The van der Waals surface area contributed by atoms with Crippen molar-refractivity contribution in [3.63, 3.8) is 0 Å². The molecule has 0 saturated carbocycles. The summed E-state index contributed by atoms with van der Waals surface area (Å²) in [6.45, 7) is 0.324. The molecule has 2 rings (SSSR count). The zero-order chi connectivity index (χ0) is 12.8. The lowest BCUT2D eigenvalue weighted by atomic mass is 10.1. The molecule has 5 nitrogen and oxygen atoms in total. The number of aliphatic hydroxyl groups excluding tert-OH is 1. The number of aliphatic hydroxyl groups is 1. The molecule has 1 aromatic heterocycles. The molecule has 0 amide bonds. The maximum atomic E-state index is 10.1. The minimum Gasteiger partial charge on any atom is -0.496 e. The molecule has 0 saturated heterocycles. The van der Waals surface area contributed by atoms with Gasteiger partial charge in [0.05, 0.1) is 13.2 Å². The highest BCUT2D eigenvalue weighted by atomic mass is 16.5. The second kappa shape index (κ2) is 5.97. The SMILES string of the molecule is COc1ccccc1[C@H](O)CNc1ncccn1. The first-order valence-electron chi connectivity index (χ1n) is 5.63. The second-order valence-electron chi connectivity index (χ2n) is 3.71. The van der Waals surface area contributed by atoms with E-state index in [2.05, 4.69) is 15.3 Å². The average molecular weight is 245 g/mol. The number of hydrogen-bond acceptors (Lipinski definition) is 5. The van der Waals surface area contributed by atoms with E-state index >= 15 is 0 Å². The van der Waals surface area contributed by atoms with Crippen molar-refractivity contribution in [1.82, 2.24) is 9.97 Å². The van der Waals surface area contributed by atoms with Gasteiger partial charge in [0.2, 0.25) is 5.95 Å². The van der Waals surface area contributed by atoms with Crippen molar-refractivity contribution >= 4 is 5.95 Å². The van der Waals surface area contributed by atoms with Crippen LogP contribution in [-0.2, 0) is 0 Å². The van der Waals surface area contributed by atoms with Crippen LogP contribution < -0.4 is 10.1 Å². The molecule has 1 aromatic carbocycles. The van der Waals surface area contributed by atoms with Crippen LogP contribution >= 0.6 is 0 Å². The number of ether oxygens (including phenoxy) is 1. The van der Waals surface area contributed by atoms with Crippen LogP contribution in [0.25, 0.3) is 0 Å². The van der Waals surface area contributed by atoms with Gasteiger partial charge in [-0.25, -0.2) is 9.97 Å². The van der Waals surface area contributed by atoms with Crippen molar-refractivity contribution in [2.75, 3.05) is 19.0 Å². The molecule has 0 aliphatic rings. The van der Waals surface area contributed by atoms with E-state index in [-0.39, 0.29) is 0 Å². The maximum absolute atomic E-state index is 10.1. The Morgan fingerprint density at radius 2 is 1.94 bits per heavy atom. The van der Waals surface area contributed by atoms with E-state index in [9.17, 15) is 5.11 Å². The minimum atomic E-state index is -0.676. The Morgan fingerprint density at radius 1 is 1.22 bits per heavy atom. The van der Waals surface area contributed by atoms with Gasteiger partial charge in [-0.2, -0.15) is 0 Å². The quantitative estimate of drug-likeness (QED) is 0.838. The van der Waals surface area contributed by atoms with Gasteiger partial charge in [-0.05, 0) is 12.1 Å². The number of rotatable bonds is 5. The summed E-state index contributed by atoms with van der Waals surface area (Å²) in [5.74, 6) is 1.16. The summed E-state index contributed by atoms with van der Waals surface area (Å²) >= 11 is 0. The fraction of sp³-hybridized carbons (Fsp3) is 0.231. The summed E-state index contributed by atoms with van der Waals surface area (Å²) in [6.07, 6.45) is 2.61. The molecule has 5 heteroatoms. The Bertz CT molecular complexity index is 491. The van der Waals surface area contributed by atoms with Crippen LogP contribution in [0.15, 0.2) is 42.7 Å². The molecule has 18 heavy (non-hydrogen) atoms. The van der Waals surface area contributed by atoms with Crippen LogP contribution in [0.1, 0.15) is 11.7 Å². The number of hydrogen-bond donors (Lipinski definition) is 2. The van der Waals surface area contributed by atoms with E-state index in [1.807, 2.05) is 24.3 Å². The third kappa shape index (κ3) is 2.95. The van der Waals surface area contributed by atoms with Crippen LogP contribution in [-0.4, -0.2) is 28.7 Å². The maximum Gasteiger partial charge on any atom is 0.222 e. The molecule has 0 fully saturated rings. The number of para-hydroxylation sites is 1. The van der Waals surface area contributed by atoms with E-state index in [0.29, 0.717) is 18.2 Å². The lowest BCUT2D eigenvalue weighted by Gasteiger charge is -2.15. The standard InChI is InChI=1S/C13H15N3O2/c1-18-12-6-3-2-5-10(12)11(17)9-16-13-14-7-4-8-15-13/h2-8,11,17H,9H2,1H3,(H,14,15,16)/t11-/m1/s1. The Kier molecular flexibility index (Phi) is 4.09. The minimum absolute atomic E-state index is 0.324. The number of nitrogens with one attached hydrogen (secondary N) is 1. The Balaban J connectivity index is 2.01. The van der Waals surface area contributed by atoms with E-state index in [0.717, 1.165) is 5.56 Å². The number of anilines is 1. The molecule has 0 aliphatic heterocycles. The van der Waals surface area contributed by atoms with E-state index in [4.69, 9.17) is 4.74 Å². The molecule has 0 bridgehead atoms. The van der Waals surface area contributed by atoms with Crippen molar-refractivity contribution in [2.45, 2.75) is 6.10 Å². The van der Waals surface area contributed by atoms with Gasteiger partial charge in [0.25, 0.3) is 0 Å². The lowest BCUT2D eigenvalue weighted by Crippen LogP contribution is -2.14. The van der Waals surface area contributed by atoms with E-state index < -0.39 is 6.10 Å². The highest BCUT2D eigenvalue weighted by Gasteiger charge is 2.12. The highest BCUT2D eigenvalue weighted by Crippen LogP contribution is 2.24. The van der Waals surface area contributed by atoms with Gasteiger partial charge >= 0.3 is 0 Å². The summed E-state index contributed by atoms with van der Waals surface area (Å²) in [7, 11) is 1.58.